The molecule has 2 aliphatic rings. The summed E-state index contributed by atoms with van der Waals surface area (Å²) < 4.78 is 16.3. The monoisotopic (exact) mass is 279 g/mol. The predicted octanol–water partition coefficient (Wildman–Crippen LogP) is 1.21. The van der Waals surface area contributed by atoms with Gasteiger partial charge in [0.25, 0.3) is 0 Å². The van der Waals surface area contributed by atoms with E-state index in [1.54, 1.807) is 0 Å². The Hall–Kier alpha value is -1.30. The maximum Gasteiger partial charge on any atom is 0.161 e. The molecular weight excluding hydrogens is 258 g/mol. The standard InChI is InChI=1S/C15H21NO4/c17-13(3-4-16-5-7-18-8-6-16)12-1-2-14-15(11-12)20-10-9-19-14/h1-2,11,13,17H,3-10H2. The van der Waals surface area contributed by atoms with E-state index in [9.17, 15) is 5.11 Å². The van der Waals surface area contributed by atoms with Crippen LogP contribution in [0.2, 0.25) is 0 Å². The van der Waals surface area contributed by atoms with Gasteiger partial charge < -0.3 is 19.3 Å². The Morgan fingerprint density at radius 1 is 1.05 bits per heavy atom. The number of aliphatic hydroxyl groups is 1. The van der Waals surface area contributed by atoms with Crippen molar-refractivity contribution in [3.05, 3.63) is 23.8 Å². The summed E-state index contributed by atoms with van der Waals surface area (Å²) >= 11 is 0. The summed E-state index contributed by atoms with van der Waals surface area (Å²) in [5.41, 5.74) is 0.891. The minimum Gasteiger partial charge on any atom is -0.486 e. The molecule has 20 heavy (non-hydrogen) atoms. The van der Waals surface area contributed by atoms with Crippen molar-refractivity contribution in [1.29, 1.82) is 0 Å². The van der Waals surface area contributed by atoms with E-state index in [1.165, 1.54) is 0 Å². The number of hydrogen-bond acceptors (Lipinski definition) is 5. The molecule has 1 aromatic carbocycles. The molecule has 5 heteroatoms. The van der Waals surface area contributed by atoms with Gasteiger partial charge in [-0.3, -0.25) is 4.90 Å². The molecule has 0 spiro atoms. The van der Waals surface area contributed by atoms with E-state index in [0.717, 1.165) is 56.3 Å². The Kier molecular flexibility index (Phi) is 4.40. The van der Waals surface area contributed by atoms with Crippen molar-refractivity contribution in [1.82, 2.24) is 4.90 Å². The van der Waals surface area contributed by atoms with Crippen molar-refractivity contribution in [2.45, 2.75) is 12.5 Å². The van der Waals surface area contributed by atoms with Crippen molar-refractivity contribution >= 4 is 0 Å². The predicted molar refractivity (Wildman–Crippen MR) is 74.3 cm³/mol. The lowest BCUT2D eigenvalue weighted by Crippen LogP contribution is -2.37. The summed E-state index contributed by atoms with van der Waals surface area (Å²) in [4.78, 5) is 2.32. The van der Waals surface area contributed by atoms with Gasteiger partial charge in [-0.2, -0.15) is 0 Å². The van der Waals surface area contributed by atoms with E-state index in [2.05, 4.69) is 4.90 Å². The molecule has 0 aliphatic carbocycles. The van der Waals surface area contributed by atoms with Crippen LogP contribution in [0.1, 0.15) is 18.1 Å². The average molecular weight is 279 g/mol. The summed E-state index contributed by atoms with van der Waals surface area (Å²) in [5.74, 6) is 1.50. The van der Waals surface area contributed by atoms with Crippen LogP contribution in [-0.2, 0) is 4.74 Å². The second kappa shape index (κ2) is 6.43. The van der Waals surface area contributed by atoms with E-state index in [-0.39, 0.29) is 0 Å². The maximum atomic E-state index is 10.3. The molecule has 1 N–H and O–H groups in total. The summed E-state index contributed by atoms with van der Waals surface area (Å²) in [6, 6.07) is 5.68. The lowest BCUT2D eigenvalue weighted by molar-refractivity contribution is 0.0300. The first-order chi connectivity index (χ1) is 9.83. The van der Waals surface area contributed by atoms with Crippen LogP contribution in [0.4, 0.5) is 0 Å². The molecular formula is C15H21NO4. The van der Waals surface area contributed by atoms with Crippen LogP contribution in [0.25, 0.3) is 0 Å². The number of morpholine rings is 1. The van der Waals surface area contributed by atoms with Gasteiger partial charge in [0.1, 0.15) is 13.2 Å². The smallest absolute Gasteiger partial charge is 0.161 e. The van der Waals surface area contributed by atoms with Gasteiger partial charge >= 0.3 is 0 Å². The number of hydrogen-bond donors (Lipinski definition) is 1. The van der Waals surface area contributed by atoms with E-state index in [0.29, 0.717) is 13.2 Å². The van der Waals surface area contributed by atoms with Crippen LogP contribution < -0.4 is 9.47 Å². The molecule has 5 nitrogen and oxygen atoms in total. The first kappa shape index (κ1) is 13.7. The molecule has 3 rings (SSSR count). The molecule has 1 aromatic rings. The Labute approximate surface area is 119 Å². The van der Waals surface area contributed by atoms with E-state index >= 15 is 0 Å². The molecule has 0 bridgehead atoms. The van der Waals surface area contributed by atoms with Crippen LogP contribution in [0.5, 0.6) is 11.5 Å². The average Bonchev–Trinajstić information content (AvgIpc) is 2.53. The highest BCUT2D eigenvalue weighted by Crippen LogP contribution is 2.33. The third kappa shape index (κ3) is 3.23. The number of rotatable bonds is 4. The highest BCUT2D eigenvalue weighted by Gasteiger charge is 2.17. The zero-order chi connectivity index (χ0) is 13.8. The molecule has 0 amide bonds. The van der Waals surface area contributed by atoms with Crippen molar-refractivity contribution in [3.63, 3.8) is 0 Å². The highest BCUT2D eigenvalue weighted by atomic mass is 16.6. The molecule has 2 aliphatic heterocycles. The van der Waals surface area contributed by atoms with Gasteiger partial charge in [0.15, 0.2) is 11.5 Å². The molecule has 1 atom stereocenters. The van der Waals surface area contributed by atoms with Crippen molar-refractivity contribution in [3.8, 4) is 11.5 Å². The molecule has 1 saturated heterocycles. The first-order valence-electron chi connectivity index (χ1n) is 7.20. The molecule has 1 fully saturated rings. The van der Waals surface area contributed by atoms with Crippen LogP contribution in [0.3, 0.4) is 0 Å². The Morgan fingerprint density at radius 3 is 2.60 bits per heavy atom. The number of nitrogens with zero attached hydrogens (tertiary/aromatic N) is 1. The lowest BCUT2D eigenvalue weighted by Gasteiger charge is -2.27. The minimum absolute atomic E-state index is 0.464. The van der Waals surface area contributed by atoms with Gasteiger partial charge in [0.05, 0.1) is 19.3 Å². The SMILES string of the molecule is OC(CCN1CCOCC1)c1ccc2c(c1)OCCO2. The molecule has 0 aromatic heterocycles. The van der Waals surface area contributed by atoms with Gasteiger partial charge in [0, 0.05) is 19.6 Å². The van der Waals surface area contributed by atoms with Crippen molar-refractivity contribution in [2.24, 2.45) is 0 Å². The number of benzene rings is 1. The Balaban J connectivity index is 1.57. The van der Waals surface area contributed by atoms with Crippen LogP contribution in [0, 0.1) is 0 Å². The van der Waals surface area contributed by atoms with E-state index < -0.39 is 6.10 Å². The molecule has 2 heterocycles. The highest BCUT2D eigenvalue weighted by molar-refractivity contribution is 5.44. The molecule has 110 valence electrons. The zero-order valence-corrected chi connectivity index (χ0v) is 11.6. The summed E-state index contributed by atoms with van der Waals surface area (Å²) in [7, 11) is 0. The van der Waals surface area contributed by atoms with Gasteiger partial charge in [-0.05, 0) is 24.1 Å². The summed E-state index contributed by atoms with van der Waals surface area (Å²) in [5, 5.41) is 10.3. The molecule has 0 radical (unpaired) electrons. The normalized spacial score (nSPS) is 20.6. The first-order valence-corrected chi connectivity index (χ1v) is 7.20. The molecule has 0 saturated carbocycles. The largest absolute Gasteiger partial charge is 0.486 e. The van der Waals surface area contributed by atoms with E-state index in [4.69, 9.17) is 14.2 Å². The quantitative estimate of drug-likeness (QED) is 0.898. The maximum absolute atomic E-state index is 10.3. The fraction of sp³-hybridized carbons (Fsp3) is 0.600. The second-order valence-corrected chi connectivity index (χ2v) is 5.16. The number of ether oxygens (including phenoxy) is 3. The lowest BCUT2D eigenvalue weighted by atomic mass is 10.1. The van der Waals surface area contributed by atoms with Crippen LogP contribution in [0.15, 0.2) is 18.2 Å². The number of fused-ring (bicyclic) bond motifs is 1. The fourth-order valence-electron chi connectivity index (χ4n) is 2.56. The van der Waals surface area contributed by atoms with Crippen molar-refractivity contribution in [2.75, 3.05) is 46.1 Å². The van der Waals surface area contributed by atoms with Gasteiger partial charge in [-0.15, -0.1) is 0 Å². The Morgan fingerprint density at radius 2 is 1.80 bits per heavy atom. The summed E-state index contributed by atoms with van der Waals surface area (Å²) in [6.45, 7) is 5.53. The third-order valence-electron chi connectivity index (χ3n) is 3.77. The molecule has 1 unspecified atom stereocenters. The van der Waals surface area contributed by atoms with Crippen LogP contribution >= 0.6 is 0 Å². The second-order valence-electron chi connectivity index (χ2n) is 5.16. The van der Waals surface area contributed by atoms with Crippen molar-refractivity contribution < 1.29 is 19.3 Å². The fourth-order valence-corrected chi connectivity index (χ4v) is 2.56. The summed E-state index contributed by atoms with van der Waals surface area (Å²) in [6.07, 6.45) is 0.258. The minimum atomic E-state index is -0.464. The third-order valence-corrected chi connectivity index (χ3v) is 3.77. The van der Waals surface area contributed by atoms with Gasteiger partial charge in [0.2, 0.25) is 0 Å². The van der Waals surface area contributed by atoms with E-state index in [1.807, 2.05) is 18.2 Å². The van der Waals surface area contributed by atoms with Gasteiger partial charge in [-0.25, -0.2) is 0 Å². The number of aliphatic hydroxyl groups excluding tert-OH is 1. The topological polar surface area (TPSA) is 51.2 Å². The zero-order valence-electron chi connectivity index (χ0n) is 11.6. The van der Waals surface area contributed by atoms with Gasteiger partial charge in [-0.1, -0.05) is 6.07 Å². The van der Waals surface area contributed by atoms with Crippen LogP contribution in [-0.4, -0.2) is 56.1 Å². The Bertz CT molecular complexity index is 445.